The summed E-state index contributed by atoms with van der Waals surface area (Å²) in [6, 6.07) is 21.7. The summed E-state index contributed by atoms with van der Waals surface area (Å²) in [4.78, 5) is 28.8. The highest BCUT2D eigenvalue weighted by molar-refractivity contribution is 9.12. The molecule has 0 aliphatic carbocycles. The van der Waals surface area contributed by atoms with Crippen LogP contribution in [0.2, 0.25) is 0 Å². The van der Waals surface area contributed by atoms with Crippen molar-refractivity contribution >= 4 is 44.4 Å². The lowest BCUT2D eigenvalue weighted by Gasteiger charge is -2.20. The molecule has 0 saturated carbocycles. The molecular formula is C37H43BrN4O4. The van der Waals surface area contributed by atoms with Gasteiger partial charge in [0.1, 0.15) is 5.75 Å². The molecule has 0 fully saturated rings. The van der Waals surface area contributed by atoms with Crippen LogP contribution >= 0.6 is 15.9 Å². The molecule has 4 aromatic rings. The number of nitrogens with one attached hydrogen (secondary N) is 3. The van der Waals surface area contributed by atoms with Gasteiger partial charge in [-0.3, -0.25) is 4.79 Å². The van der Waals surface area contributed by atoms with Crippen LogP contribution in [0, 0.1) is 6.92 Å². The molecule has 2 heterocycles. The second kappa shape index (κ2) is 17.4. The van der Waals surface area contributed by atoms with Crippen LogP contribution in [0.25, 0.3) is 10.9 Å². The maximum atomic E-state index is 12.9. The van der Waals surface area contributed by atoms with E-state index in [1.54, 1.807) is 36.4 Å². The van der Waals surface area contributed by atoms with Gasteiger partial charge in [-0.2, -0.15) is 0 Å². The zero-order valence-electron chi connectivity index (χ0n) is 26.7. The van der Waals surface area contributed by atoms with Crippen molar-refractivity contribution in [3.63, 3.8) is 0 Å². The third-order valence-corrected chi connectivity index (χ3v) is 8.46. The number of ether oxygens (including phenoxy) is 1. The van der Waals surface area contributed by atoms with E-state index < -0.39 is 5.97 Å². The largest absolute Gasteiger partial charge is 0.494 e. The van der Waals surface area contributed by atoms with E-state index in [2.05, 4.69) is 75.7 Å². The molecule has 4 N–H and O–H groups in total. The lowest BCUT2D eigenvalue weighted by Crippen LogP contribution is -2.21. The minimum absolute atomic E-state index is 0.140. The summed E-state index contributed by atoms with van der Waals surface area (Å²) < 4.78 is 6.96. The number of amides is 1. The van der Waals surface area contributed by atoms with Crippen LogP contribution in [-0.2, 0) is 6.42 Å². The molecule has 0 atom stereocenters. The zero-order chi connectivity index (χ0) is 32.9. The molecule has 1 aliphatic rings. The molecule has 5 rings (SSSR count). The average molecular weight is 688 g/mol. The van der Waals surface area contributed by atoms with Gasteiger partial charge in [0, 0.05) is 52.1 Å². The Labute approximate surface area is 279 Å². The summed E-state index contributed by atoms with van der Waals surface area (Å²) in [6.07, 6.45) is 8.38. The number of carbonyl (C=O) groups excluding carboxylic acids is 1. The molecule has 0 saturated heterocycles. The molecule has 0 bridgehead atoms. The van der Waals surface area contributed by atoms with Gasteiger partial charge in [-0.05, 0) is 98.9 Å². The number of carbonyl (C=O) groups is 2. The summed E-state index contributed by atoms with van der Waals surface area (Å²) in [5.41, 5.74) is 6.56. The first-order valence-electron chi connectivity index (χ1n) is 15.7. The van der Waals surface area contributed by atoms with Gasteiger partial charge < -0.3 is 30.4 Å². The first-order valence-corrected chi connectivity index (χ1v) is 16.5. The van der Waals surface area contributed by atoms with Crippen molar-refractivity contribution in [1.29, 1.82) is 0 Å². The van der Waals surface area contributed by atoms with Gasteiger partial charge in [0.2, 0.25) is 0 Å². The fourth-order valence-corrected chi connectivity index (χ4v) is 5.55. The minimum atomic E-state index is -0.879. The van der Waals surface area contributed by atoms with Crippen molar-refractivity contribution in [1.82, 2.24) is 15.2 Å². The maximum absolute atomic E-state index is 12.9. The average Bonchev–Trinajstić information content (AvgIpc) is 3.37. The number of hydrogen-bond acceptors (Lipinski definition) is 5. The number of halogens is 1. The third-order valence-electron chi connectivity index (χ3n) is 7.63. The number of aromatic nitrogens is 1. The van der Waals surface area contributed by atoms with Crippen molar-refractivity contribution in [2.24, 2.45) is 0 Å². The number of aromatic amines is 1. The van der Waals surface area contributed by atoms with Gasteiger partial charge in [-0.1, -0.05) is 59.6 Å². The van der Waals surface area contributed by atoms with E-state index in [0.717, 1.165) is 67.7 Å². The second-order valence-corrected chi connectivity index (χ2v) is 12.1. The molecule has 0 spiro atoms. The lowest BCUT2D eigenvalue weighted by atomic mass is 10.1. The van der Waals surface area contributed by atoms with Gasteiger partial charge in [0.15, 0.2) is 0 Å². The van der Waals surface area contributed by atoms with Crippen molar-refractivity contribution in [3.8, 4) is 5.75 Å². The predicted octanol–water partition coefficient (Wildman–Crippen LogP) is 7.92. The molecule has 242 valence electrons. The molecular weight excluding hydrogens is 644 g/mol. The number of aromatic carboxylic acids is 1. The number of H-pyrrole nitrogens is 1. The molecule has 9 heteroatoms. The molecule has 46 heavy (non-hydrogen) atoms. The number of allylic oxidation sites excluding steroid dienone is 1. The van der Waals surface area contributed by atoms with Crippen LogP contribution in [-0.4, -0.2) is 60.2 Å². The first kappa shape index (κ1) is 34.5. The van der Waals surface area contributed by atoms with Crippen LogP contribution in [0.1, 0.15) is 58.2 Å². The standard InChI is InChI=1S/C30H37BrN4O2.C7H6O2/c1-4-5-17-37-25-8-6-7-22(18-25)30(36)34-24-9-10-29-27(19-24)26(21(2)33-29)12-15-32-14-11-23-20-35(3)16-13-28(23)31;8-7(9)6-4-2-1-3-5-6/h6-10,13,18-20,32-33H,4-5,11-12,14-17H2,1-3H3,(H,34,36);1-5H,(H,8,9). The molecule has 1 amide bonds. The van der Waals surface area contributed by atoms with Crippen molar-refractivity contribution in [2.75, 3.05) is 38.6 Å². The number of likely N-dealkylation sites (N-methyl/N-ethyl adjacent to an activating group) is 1. The number of nitrogens with zero attached hydrogens (tertiary/aromatic N) is 1. The maximum Gasteiger partial charge on any atom is 0.335 e. The highest BCUT2D eigenvalue weighted by atomic mass is 79.9. The molecule has 1 aliphatic heterocycles. The van der Waals surface area contributed by atoms with Gasteiger partial charge in [-0.15, -0.1) is 0 Å². The van der Waals surface area contributed by atoms with E-state index in [9.17, 15) is 9.59 Å². The number of aryl methyl sites for hydroxylation is 1. The van der Waals surface area contributed by atoms with E-state index in [4.69, 9.17) is 9.84 Å². The number of rotatable bonds is 13. The van der Waals surface area contributed by atoms with E-state index in [0.29, 0.717) is 17.7 Å². The monoisotopic (exact) mass is 686 g/mol. The van der Waals surface area contributed by atoms with Crippen LogP contribution in [0.15, 0.2) is 95.1 Å². The summed E-state index contributed by atoms with van der Waals surface area (Å²) in [5.74, 6) is -0.294. The Morgan fingerprint density at radius 2 is 1.76 bits per heavy atom. The van der Waals surface area contributed by atoms with Gasteiger partial charge in [0.25, 0.3) is 5.91 Å². The number of carboxylic acid groups (broad SMARTS) is 1. The van der Waals surface area contributed by atoms with Crippen LogP contribution in [0.3, 0.4) is 0 Å². The summed E-state index contributed by atoms with van der Waals surface area (Å²) in [5, 5.41) is 16.2. The Hall–Kier alpha value is -4.34. The number of hydrogen-bond donors (Lipinski definition) is 4. The predicted molar refractivity (Wildman–Crippen MR) is 190 cm³/mol. The van der Waals surface area contributed by atoms with Crippen LogP contribution in [0.5, 0.6) is 5.75 Å². The Kier molecular flexibility index (Phi) is 13.0. The smallest absolute Gasteiger partial charge is 0.335 e. The zero-order valence-corrected chi connectivity index (χ0v) is 28.3. The number of carboxylic acids is 1. The third kappa shape index (κ3) is 10.1. The molecule has 0 radical (unpaired) electrons. The van der Waals surface area contributed by atoms with E-state index in [1.807, 2.05) is 30.3 Å². The van der Waals surface area contributed by atoms with Gasteiger partial charge >= 0.3 is 5.97 Å². The molecule has 3 aromatic carbocycles. The van der Waals surface area contributed by atoms with E-state index in [-0.39, 0.29) is 5.91 Å². The SMILES string of the molecule is CCCCOc1cccc(C(=O)Nc2ccc3[nH]c(C)c(CCNCCC4=CN(C)CC=C4Br)c3c2)c1.O=C(O)c1ccccc1. The Bertz CT molecular complexity index is 1680. The van der Waals surface area contributed by atoms with Gasteiger partial charge in [0.05, 0.1) is 12.2 Å². The summed E-state index contributed by atoms with van der Waals surface area (Å²) in [7, 11) is 2.10. The van der Waals surface area contributed by atoms with Crippen molar-refractivity contribution in [2.45, 2.75) is 39.5 Å². The Balaban J connectivity index is 0.000000459. The lowest BCUT2D eigenvalue weighted by molar-refractivity contribution is 0.0696. The fourth-order valence-electron chi connectivity index (χ4n) is 5.11. The normalized spacial score (nSPS) is 12.6. The molecule has 1 aromatic heterocycles. The summed E-state index contributed by atoms with van der Waals surface area (Å²) >= 11 is 3.67. The topological polar surface area (TPSA) is 107 Å². The van der Waals surface area contributed by atoms with Crippen molar-refractivity contribution < 1.29 is 19.4 Å². The Morgan fingerprint density at radius 1 is 1.00 bits per heavy atom. The fraction of sp³-hybridized carbons (Fsp3) is 0.297. The van der Waals surface area contributed by atoms with Gasteiger partial charge in [-0.25, -0.2) is 4.79 Å². The summed E-state index contributed by atoms with van der Waals surface area (Å²) in [6.45, 7) is 7.66. The number of unbranched alkanes of at least 4 members (excludes halogenated alkanes) is 1. The van der Waals surface area contributed by atoms with Crippen LogP contribution in [0.4, 0.5) is 5.69 Å². The highest BCUT2D eigenvalue weighted by Gasteiger charge is 2.13. The van der Waals surface area contributed by atoms with E-state index in [1.165, 1.54) is 21.3 Å². The minimum Gasteiger partial charge on any atom is -0.494 e. The van der Waals surface area contributed by atoms with Crippen LogP contribution < -0.4 is 15.4 Å². The number of fused-ring (bicyclic) bond motifs is 1. The van der Waals surface area contributed by atoms with Crippen molar-refractivity contribution in [3.05, 3.63) is 118 Å². The number of anilines is 1. The number of benzene rings is 3. The first-order chi connectivity index (χ1) is 22.2. The molecule has 0 unspecified atom stereocenters. The Morgan fingerprint density at radius 3 is 2.50 bits per heavy atom. The second-order valence-electron chi connectivity index (χ2n) is 11.2. The van der Waals surface area contributed by atoms with E-state index >= 15 is 0 Å². The highest BCUT2D eigenvalue weighted by Crippen LogP contribution is 2.27. The quantitative estimate of drug-likeness (QED) is 0.107. The molecule has 8 nitrogen and oxygen atoms in total.